The molecule has 60 heavy (non-hydrogen) atoms. The molecule has 2 bridgehead atoms. The van der Waals surface area contributed by atoms with E-state index in [4.69, 9.17) is 28.5 Å². The zero-order valence-electron chi connectivity index (χ0n) is 33.3. The first kappa shape index (κ1) is 40.0. The van der Waals surface area contributed by atoms with E-state index in [9.17, 15) is 24.3 Å². The minimum atomic E-state index is -1.56. The van der Waals surface area contributed by atoms with Crippen LogP contribution in [0.2, 0.25) is 0 Å². The molecule has 8 unspecified atom stereocenters. The lowest BCUT2D eigenvalue weighted by Crippen LogP contribution is -2.70. The molecule has 5 aliphatic heterocycles. The van der Waals surface area contributed by atoms with Crippen LogP contribution in [-0.2, 0) is 64.8 Å². The molecule has 8 atom stereocenters. The summed E-state index contributed by atoms with van der Waals surface area (Å²) in [4.78, 5) is 77.2. The highest BCUT2D eigenvalue weighted by Gasteiger charge is 2.77. The fourth-order valence-electron chi connectivity index (χ4n) is 9.77. The Morgan fingerprint density at radius 1 is 0.917 bits per heavy atom. The molecule has 2 N–H and O–H groups in total. The topological polar surface area (TPSA) is 179 Å². The first-order valence-electron chi connectivity index (χ1n) is 20.4. The average molecular weight is 822 g/mol. The highest BCUT2D eigenvalue weighted by molar-refractivity contribution is 5.97. The second kappa shape index (κ2) is 15.5. The van der Waals surface area contributed by atoms with Gasteiger partial charge in [0, 0.05) is 42.1 Å². The van der Waals surface area contributed by atoms with Gasteiger partial charge in [0.15, 0.2) is 6.04 Å². The molecule has 5 saturated heterocycles. The molecule has 5 heterocycles. The summed E-state index contributed by atoms with van der Waals surface area (Å²) < 4.78 is 30.9. The molecule has 6 fully saturated rings. The number of amides is 2. The van der Waals surface area contributed by atoms with Crippen LogP contribution in [0.4, 0.5) is 0 Å². The van der Waals surface area contributed by atoms with Crippen molar-refractivity contribution < 1.29 is 57.6 Å². The van der Waals surface area contributed by atoms with Crippen LogP contribution in [0, 0.1) is 10.8 Å². The number of carbonyl (C=O) groups excluding carboxylic acids is 5. The first-order valence-corrected chi connectivity index (χ1v) is 20.4. The Balaban J connectivity index is 1.09. The third-order valence-electron chi connectivity index (χ3n) is 12.6. The number of esters is 3. The molecule has 9 rings (SSSR count). The summed E-state index contributed by atoms with van der Waals surface area (Å²) in [6, 6.07) is 24.0. The lowest BCUT2D eigenvalue weighted by atomic mass is 9.62. The van der Waals surface area contributed by atoms with Crippen molar-refractivity contribution in [2.45, 2.75) is 88.0 Å². The molecule has 1 saturated carbocycles. The van der Waals surface area contributed by atoms with E-state index in [-0.39, 0.29) is 45.2 Å². The molecule has 15 nitrogen and oxygen atoms in total. The highest BCUT2D eigenvalue weighted by atomic mass is 16.8. The molecular formula is C45H47N3O12. The third kappa shape index (κ3) is 6.59. The van der Waals surface area contributed by atoms with Gasteiger partial charge in [-0.15, -0.1) is 0 Å². The SMILES string of the molecule is CC1(C)COC(=O)C1OC(=O)C=Cc1ccccc1CN1OC2C3OC(c4ccccc4)(c4ccccc4)OC3C3CC2(C(=O)N2CCCC2C(=O)NCCO)C1C(=O)O3. The van der Waals surface area contributed by atoms with Crippen LogP contribution in [0.5, 0.6) is 0 Å². The van der Waals surface area contributed by atoms with Gasteiger partial charge >= 0.3 is 17.9 Å². The van der Waals surface area contributed by atoms with Crippen LogP contribution in [0.1, 0.15) is 55.4 Å². The molecule has 0 radical (unpaired) electrons. The number of cyclic esters (lactones) is 1. The van der Waals surface area contributed by atoms with Crippen LogP contribution in [0.15, 0.2) is 91.0 Å². The molecule has 15 heteroatoms. The van der Waals surface area contributed by atoms with Gasteiger partial charge in [-0.05, 0) is 30.0 Å². The predicted molar refractivity (Wildman–Crippen MR) is 209 cm³/mol. The zero-order chi connectivity index (χ0) is 41.8. The van der Waals surface area contributed by atoms with Gasteiger partial charge in [0.25, 0.3) is 0 Å². The van der Waals surface area contributed by atoms with Crippen LogP contribution < -0.4 is 5.32 Å². The number of benzene rings is 3. The van der Waals surface area contributed by atoms with E-state index in [1.54, 1.807) is 38.1 Å². The van der Waals surface area contributed by atoms with Crippen LogP contribution in [0.25, 0.3) is 6.08 Å². The van der Waals surface area contributed by atoms with E-state index in [0.29, 0.717) is 35.1 Å². The Kier molecular flexibility index (Phi) is 10.4. The number of carbonyl (C=O) groups is 5. The Hall–Kier alpha value is -5.45. The number of aliphatic hydroxyl groups is 1. The van der Waals surface area contributed by atoms with E-state index in [0.717, 1.165) is 0 Å². The Morgan fingerprint density at radius 2 is 1.60 bits per heavy atom. The Bertz CT molecular complexity index is 2160. The number of aliphatic hydroxyl groups excluding tert-OH is 1. The normalized spacial score (nSPS) is 31.1. The lowest BCUT2D eigenvalue weighted by Gasteiger charge is -2.50. The van der Waals surface area contributed by atoms with Gasteiger partial charge in [0.05, 0.1) is 13.2 Å². The van der Waals surface area contributed by atoms with Crippen molar-refractivity contribution in [3.63, 3.8) is 0 Å². The van der Waals surface area contributed by atoms with Crippen LogP contribution >= 0.6 is 0 Å². The van der Waals surface area contributed by atoms with Crippen molar-refractivity contribution >= 4 is 35.8 Å². The molecule has 0 spiro atoms. The zero-order valence-corrected chi connectivity index (χ0v) is 33.3. The van der Waals surface area contributed by atoms with Crippen molar-refractivity contribution in [3.8, 4) is 0 Å². The molecule has 1 aliphatic carbocycles. The van der Waals surface area contributed by atoms with E-state index in [1.165, 1.54) is 16.0 Å². The van der Waals surface area contributed by atoms with Gasteiger partial charge in [0.2, 0.25) is 23.7 Å². The van der Waals surface area contributed by atoms with Gasteiger partial charge in [-0.2, -0.15) is 5.06 Å². The lowest BCUT2D eigenvalue weighted by molar-refractivity contribution is -0.214. The van der Waals surface area contributed by atoms with Gasteiger partial charge in [-0.3, -0.25) is 19.2 Å². The van der Waals surface area contributed by atoms with E-state index in [1.807, 2.05) is 66.7 Å². The largest absolute Gasteiger partial charge is 0.462 e. The smallest absolute Gasteiger partial charge is 0.348 e. The number of nitrogens with zero attached hydrogens (tertiary/aromatic N) is 2. The maximum absolute atomic E-state index is 15.5. The number of hydrogen-bond donors (Lipinski definition) is 2. The Labute approximate surface area is 346 Å². The van der Waals surface area contributed by atoms with Crippen molar-refractivity contribution in [1.29, 1.82) is 0 Å². The molecule has 3 aromatic rings. The number of hydrogen-bond acceptors (Lipinski definition) is 13. The van der Waals surface area contributed by atoms with Gasteiger partial charge in [-0.25, -0.2) is 9.59 Å². The summed E-state index contributed by atoms with van der Waals surface area (Å²) in [6.07, 6.45) is -0.976. The minimum Gasteiger partial charge on any atom is -0.462 e. The molecule has 6 aliphatic rings. The van der Waals surface area contributed by atoms with Crippen molar-refractivity contribution in [3.05, 3.63) is 113 Å². The number of likely N-dealkylation sites (tertiary alicyclic amines) is 1. The van der Waals surface area contributed by atoms with Gasteiger partial charge in [-0.1, -0.05) is 98.8 Å². The summed E-state index contributed by atoms with van der Waals surface area (Å²) in [5.41, 5.74) is 0.386. The van der Waals surface area contributed by atoms with E-state index >= 15 is 4.79 Å². The average Bonchev–Trinajstić information content (AvgIpc) is 4.04. The van der Waals surface area contributed by atoms with Crippen LogP contribution in [-0.4, -0.2) is 114 Å². The third-order valence-corrected chi connectivity index (χ3v) is 12.6. The molecular weight excluding hydrogens is 775 g/mol. The van der Waals surface area contributed by atoms with Crippen LogP contribution in [0.3, 0.4) is 0 Å². The summed E-state index contributed by atoms with van der Waals surface area (Å²) in [6.45, 7) is 3.73. The van der Waals surface area contributed by atoms with Gasteiger partial charge in [0.1, 0.15) is 42.5 Å². The minimum absolute atomic E-state index is 0.0192. The second-order valence-electron chi connectivity index (χ2n) is 16.9. The highest BCUT2D eigenvalue weighted by Crippen LogP contribution is 2.60. The fraction of sp³-hybridized carbons (Fsp3) is 0.444. The number of rotatable bonds is 11. The van der Waals surface area contributed by atoms with Crippen molar-refractivity contribution in [2.75, 3.05) is 26.3 Å². The summed E-state index contributed by atoms with van der Waals surface area (Å²) in [5.74, 6) is -4.27. The summed E-state index contributed by atoms with van der Waals surface area (Å²) in [7, 11) is 0. The van der Waals surface area contributed by atoms with E-state index < -0.39 is 83.0 Å². The second-order valence-corrected chi connectivity index (χ2v) is 16.9. The standard InChI is InChI=1S/C45H47N3O12/c1-43(2)26-55-41(53)38(43)57-33(50)20-19-27-12-9-10-13-28(27)25-48-36-40(52)56-32-24-44(36,42(54)47-22-11-18-31(47)39(51)46-21-23-49)37(60-48)35-34(32)58-45(59-35,29-14-5-3-6-15-29)30-16-7-4-8-17-30/h3-10,12-17,19-20,31-32,34-38,49H,11,18,21-26H2,1-2H3,(H,46,51). The van der Waals surface area contributed by atoms with Crippen molar-refractivity contribution in [1.82, 2.24) is 15.3 Å². The quantitative estimate of drug-likeness (QED) is 0.164. The monoisotopic (exact) mass is 821 g/mol. The first-order chi connectivity index (χ1) is 29.0. The number of nitrogens with one attached hydrogen (secondary N) is 1. The van der Waals surface area contributed by atoms with Crippen molar-refractivity contribution in [2.24, 2.45) is 10.8 Å². The summed E-state index contributed by atoms with van der Waals surface area (Å²) >= 11 is 0. The molecule has 3 aromatic carbocycles. The molecule has 2 amide bonds. The molecule has 0 aromatic heterocycles. The summed E-state index contributed by atoms with van der Waals surface area (Å²) in [5, 5.41) is 13.6. The Morgan fingerprint density at radius 3 is 2.28 bits per heavy atom. The predicted octanol–water partition coefficient (Wildman–Crippen LogP) is 2.78. The number of hydroxylamine groups is 2. The number of fused-ring (bicyclic) bond motifs is 4. The maximum atomic E-state index is 15.5. The number of ether oxygens (including phenoxy) is 5. The van der Waals surface area contributed by atoms with Gasteiger partial charge < -0.3 is 39.0 Å². The molecule has 314 valence electrons. The maximum Gasteiger partial charge on any atom is 0.348 e. The van der Waals surface area contributed by atoms with E-state index in [2.05, 4.69) is 5.32 Å². The fourth-order valence-corrected chi connectivity index (χ4v) is 9.77.